The second kappa shape index (κ2) is 4.98. The summed E-state index contributed by atoms with van der Waals surface area (Å²) in [5, 5.41) is 3.00. The monoisotopic (exact) mass is 286 g/mol. The van der Waals surface area contributed by atoms with Crippen molar-refractivity contribution in [1.82, 2.24) is 10.3 Å². The Morgan fingerprint density at radius 3 is 2.48 bits per heavy atom. The predicted octanol–water partition coefficient (Wildman–Crippen LogP) is 1.43. The third kappa shape index (κ3) is 2.50. The summed E-state index contributed by atoms with van der Waals surface area (Å²) in [5.41, 5.74) is 6.77. The van der Waals surface area contributed by atoms with Crippen molar-refractivity contribution in [2.45, 2.75) is 62.7 Å². The highest BCUT2D eigenvalue weighted by Gasteiger charge is 2.40. The van der Waals surface area contributed by atoms with Crippen molar-refractivity contribution in [3.05, 3.63) is 23.9 Å². The molecule has 1 aromatic heterocycles. The van der Waals surface area contributed by atoms with Crippen LogP contribution in [0.15, 0.2) is 18.3 Å². The van der Waals surface area contributed by atoms with Crippen LogP contribution < -0.4 is 16.0 Å². The maximum absolute atomic E-state index is 12.0. The van der Waals surface area contributed by atoms with Gasteiger partial charge in [-0.1, -0.05) is 0 Å². The first kappa shape index (κ1) is 13.1. The Balaban J connectivity index is 1.50. The molecule has 1 amide bonds. The molecule has 4 rings (SSSR count). The van der Waals surface area contributed by atoms with Crippen molar-refractivity contribution >= 4 is 11.7 Å². The third-order valence-corrected chi connectivity index (χ3v) is 4.96. The number of piperidine rings is 1. The molecule has 2 atom stereocenters. The molecule has 0 radical (unpaired) electrons. The molecular formula is C16H22N4O. The van der Waals surface area contributed by atoms with Gasteiger partial charge in [-0.25, -0.2) is 4.98 Å². The van der Waals surface area contributed by atoms with E-state index in [1.165, 1.54) is 12.8 Å². The molecule has 21 heavy (non-hydrogen) atoms. The van der Waals surface area contributed by atoms with Gasteiger partial charge < -0.3 is 16.0 Å². The number of nitrogens with zero attached hydrogens (tertiary/aromatic N) is 2. The zero-order valence-corrected chi connectivity index (χ0v) is 12.2. The van der Waals surface area contributed by atoms with Gasteiger partial charge in [0.1, 0.15) is 5.82 Å². The number of aromatic nitrogens is 1. The zero-order valence-electron chi connectivity index (χ0n) is 12.2. The maximum Gasteiger partial charge on any atom is 0.253 e. The van der Waals surface area contributed by atoms with Gasteiger partial charge in [0.2, 0.25) is 0 Å². The molecular weight excluding hydrogens is 264 g/mol. The van der Waals surface area contributed by atoms with E-state index >= 15 is 0 Å². The number of hydrogen-bond donors (Lipinski definition) is 2. The fourth-order valence-corrected chi connectivity index (χ4v) is 3.76. The number of fused-ring (bicyclic) bond motifs is 2. The van der Waals surface area contributed by atoms with E-state index in [0.717, 1.165) is 31.5 Å². The lowest BCUT2D eigenvalue weighted by Crippen LogP contribution is -2.47. The fraction of sp³-hybridized carbons (Fsp3) is 0.625. The number of nitrogens with one attached hydrogen (secondary N) is 1. The highest BCUT2D eigenvalue weighted by Crippen LogP contribution is 2.37. The van der Waals surface area contributed by atoms with E-state index in [0.29, 0.717) is 29.7 Å². The molecule has 1 aromatic rings. The minimum Gasteiger partial charge on any atom is -0.351 e. The Labute approximate surface area is 124 Å². The molecule has 1 aliphatic carbocycles. The standard InChI is InChI=1S/C16H22N4O/c17-11-7-13-4-5-14(8-11)20(13)15-6-1-10(9-18-15)16(21)19-12-2-3-12/h1,6,9,11-14H,2-5,7-8,17H2,(H,19,21). The van der Waals surface area contributed by atoms with Crippen LogP contribution >= 0.6 is 0 Å². The van der Waals surface area contributed by atoms with Gasteiger partial charge >= 0.3 is 0 Å². The first-order chi connectivity index (χ1) is 10.2. The summed E-state index contributed by atoms with van der Waals surface area (Å²) in [6.45, 7) is 0. The quantitative estimate of drug-likeness (QED) is 0.882. The minimum atomic E-state index is 0.000174. The van der Waals surface area contributed by atoms with Crippen molar-refractivity contribution in [1.29, 1.82) is 0 Å². The van der Waals surface area contributed by atoms with Crippen LogP contribution in [0.1, 0.15) is 48.9 Å². The number of anilines is 1. The second-order valence-corrected chi connectivity index (χ2v) is 6.68. The van der Waals surface area contributed by atoms with E-state index in [1.807, 2.05) is 12.1 Å². The van der Waals surface area contributed by atoms with Crippen LogP contribution in [-0.4, -0.2) is 35.1 Å². The molecule has 1 saturated carbocycles. The summed E-state index contributed by atoms with van der Waals surface area (Å²) >= 11 is 0. The smallest absolute Gasteiger partial charge is 0.253 e. The van der Waals surface area contributed by atoms with E-state index in [2.05, 4.69) is 15.2 Å². The van der Waals surface area contributed by atoms with Gasteiger partial charge in [0.05, 0.1) is 5.56 Å². The lowest BCUT2D eigenvalue weighted by atomic mass is 9.98. The van der Waals surface area contributed by atoms with Crippen molar-refractivity contribution in [3.63, 3.8) is 0 Å². The third-order valence-electron chi connectivity index (χ3n) is 4.96. The Hall–Kier alpha value is -1.62. The number of pyridine rings is 1. The van der Waals surface area contributed by atoms with Crippen LogP contribution in [0.5, 0.6) is 0 Å². The van der Waals surface area contributed by atoms with Crippen molar-refractivity contribution < 1.29 is 4.79 Å². The van der Waals surface area contributed by atoms with Gasteiger partial charge in [-0.05, 0) is 50.7 Å². The van der Waals surface area contributed by atoms with Crippen LogP contribution in [0.3, 0.4) is 0 Å². The zero-order chi connectivity index (χ0) is 14.4. The highest BCUT2D eigenvalue weighted by atomic mass is 16.1. The summed E-state index contributed by atoms with van der Waals surface area (Å²) in [6.07, 6.45) is 8.46. The van der Waals surface area contributed by atoms with E-state index in [-0.39, 0.29) is 5.91 Å². The number of amides is 1. The van der Waals surface area contributed by atoms with Crippen molar-refractivity contribution in [2.75, 3.05) is 4.90 Å². The highest BCUT2D eigenvalue weighted by molar-refractivity contribution is 5.94. The van der Waals surface area contributed by atoms with Crippen LogP contribution in [0.25, 0.3) is 0 Å². The van der Waals surface area contributed by atoms with Gasteiger partial charge in [-0.2, -0.15) is 0 Å². The molecule has 0 aromatic carbocycles. The lowest BCUT2D eigenvalue weighted by Gasteiger charge is -2.38. The maximum atomic E-state index is 12.0. The molecule has 2 bridgehead atoms. The van der Waals surface area contributed by atoms with Crippen LogP contribution in [0.4, 0.5) is 5.82 Å². The molecule has 0 spiro atoms. The lowest BCUT2D eigenvalue weighted by molar-refractivity contribution is 0.0950. The van der Waals surface area contributed by atoms with Gasteiger partial charge in [0, 0.05) is 30.4 Å². The molecule has 5 heteroatoms. The van der Waals surface area contributed by atoms with Gasteiger partial charge in [-0.3, -0.25) is 4.79 Å². The molecule has 2 saturated heterocycles. The van der Waals surface area contributed by atoms with Gasteiger partial charge in [-0.15, -0.1) is 0 Å². The first-order valence-electron chi connectivity index (χ1n) is 8.01. The average Bonchev–Trinajstić information content (AvgIpc) is 3.24. The normalized spacial score (nSPS) is 31.3. The topological polar surface area (TPSA) is 71.2 Å². The Bertz CT molecular complexity index is 526. The molecule has 2 unspecified atom stereocenters. The van der Waals surface area contributed by atoms with Crippen LogP contribution in [0, 0.1) is 0 Å². The van der Waals surface area contributed by atoms with E-state index in [9.17, 15) is 4.79 Å². The van der Waals surface area contributed by atoms with Crippen molar-refractivity contribution in [2.24, 2.45) is 5.73 Å². The summed E-state index contributed by atoms with van der Waals surface area (Å²) < 4.78 is 0. The number of carbonyl (C=O) groups is 1. The van der Waals surface area contributed by atoms with E-state index in [1.54, 1.807) is 6.20 Å². The number of nitrogens with two attached hydrogens (primary N) is 1. The van der Waals surface area contributed by atoms with E-state index in [4.69, 9.17) is 5.73 Å². The number of rotatable bonds is 3. The molecule has 3 fully saturated rings. The average molecular weight is 286 g/mol. The summed E-state index contributed by atoms with van der Waals surface area (Å²) in [6, 6.07) is 5.66. The largest absolute Gasteiger partial charge is 0.351 e. The Morgan fingerprint density at radius 2 is 1.90 bits per heavy atom. The Kier molecular flexibility index (Phi) is 3.10. The van der Waals surface area contributed by atoms with Crippen LogP contribution in [0.2, 0.25) is 0 Å². The SMILES string of the molecule is NC1CC2CCC(C1)N2c1ccc(C(=O)NC2CC2)cn1. The summed E-state index contributed by atoms with van der Waals surface area (Å²) in [7, 11) is 0. The molecule has 3 N–H and O–H groups in total. The van der Waals surface area contributed by atoms with E-state index < -0.39 is 0 Å². The van der Waals surface area contributed by atoms with Crippen LogP contribution in [-0.2, 0) is 0 Å². The summed E-state index contributed by atoms with van der Waals surface area (Å²) in [5.74, 6) is 0.998. The van der Waals surface area contributed by atoms with Crippen molar-refractivity contribution in [3.8, 4) is 0 Å². The molecule has 5 nitrogen and oxygen atoms in total. The Morgan fingerprint density at radius 1 is 1.19 bits per heavy atom. The second-order valence-electron chi connectivity index (χ2n) is 6.68. The summed E-state index contributed by atoms with van der Waals surface area (Å²) in [4.78, 5) is 18.9. The number of hydrogen-bond acceptors (Lipinski definition) is 4. The predicted molar refractivity (Wildman–Crippen MR) is 81.2 cm³/mol. The molecule has 3 heterocycles. The number of carbonyl (C=O) groups excluding carboxylic acids is 1. The van der Waals surface area contributed by atoms with Gasteiger partial charge in [0.25, 0.3) is 5.91 Å². The molecule has 2 aliphatic heterocycles. The van der Waals surface area contributed by atoms with Gasteiger partial charge in [0.15, 0.2) is 0 Å². The molecule has 112 valence electrons. The fourth-order valence-electron chi connectivity index (χ4n) is 3.76. The first-order valence-corrected chi connectivity index (χ1v) is 8.01. The molecule has 3 aliphatic rings. The minimum absolute atomic E-state index is 0.000174.